The van der Waals surface area contributed by atoms with Gasteiger partial charge in [-0.1, -0.05) is 24.1 Å². The van der Waals surface area contributed by atoms with E-state index >= 15 is 0 Å². The van der Waals surface area contributed by atoms with E-state index in [2.05, 4.69) is 11.2 Å². The first-order valence-electron chi connectivity index (χ1n) is 6.78. The molecule has 0 bridgehead atoms. The van der Waals surface area contributed by atoms with E-state index < -0.39 is 0 Å². The Hall–Kier alpha value is -2.77. The van der Waals surface area contributed by atoms with E-state index in [-0.39, 0.29) is 12.5 Å². The lowest BCUT2D eigenvalue weighted by molar-refractivity contribution is -0.121. The standard InChI is InChI=1S/C18H17NO3/c1-3-14-6-4-8-16(10-14)19-18(20)13-22-12-15-7-5-9-17(11-15)21-2/h1,4-11H,12-13H2,2H3,(H,19,20). The molecule has 4 nitrogen and oxygen atoms in total. The van der Waals surface area contributed by atoms with Gasteiger partial charge in [0.2, 0.25) is 5.91 Å². The van der Waals surface area contributed by atoms with Gasteiger partial charge in [-0.2, -0.15) is 0 Å². The van der Waals surface area contributed by atoms with Crippen LogP contribution in [-0.2, 0) is 16.1 Å². The maximum absolute atomic E-state index is 11.8. The lowest BCUT2D eigenvalue weighted by atomic mass is 10.2. The Kier molecular flexibility index (Phi) is 5.58. The molecular weight excluding hydrogens is 278 g/mol. The summed E-state index contributed by atoms with van der Waals surface area (Å²) < 4.78 is 10.5. The zero-order valence-corrected chi connectivity index (χ0v) is 12.3. The van der Waals surface area contributed by atoms with Crippen molar-refractivity contribution >= 4 is 11.6 Å². The van der Waals surface area contributed by atoms with Gasteiger partial charge in [-0.25, -0.2) is 0 Å². The van der Waals surface area contributed by atoms with E-state index in [1.54, 1.807) is 31.4 Å². The van der Waals surface area contributed by atoms with Gasteiger partial charge in [0.1, 0.15) is 12.4 Å². The zero-order chi connectivity index (χ0) is 15.8. The van der Waals surface area contributed by atoms with Crippen LogP contribution in [0.4, 0.5) is 5.69 Å². The molecule has 0 aliphatic carbocycles. The number of amides is 1. The zero-order valence-electron chi connectivity index (χ0n) is 12.3. The van der Waals surface area contributed by atoms with Gasteiger partial charge in [-0.15, -0.1) is 6.42 Å². The maximum atomic E-state index is 11.8. The smallest absolute Gasteiger partial charge is 0.250 e. The first kappa shape index (κ1) is 15.6. The summed E-state index contributed by atoms with van der Waals surface area (Å²) in [4.78, 5) is 11.8. The Morgan fingerprint density at radius 3 is 2.82 bits per heavy atom. The Balaban J connectivity index is 1.81. The summed E-state index contributed by atoms with van der Waals surface area (Å²) in [5.41, 5.74) is 2.32. The number of methoxy groups -OCH3 is 1. The Bertz CT molecular complexity index is 689. The number of hydrogen-bond acceptors (Lipinski definition) is 3. The fourth-order valence-electron chi connectivity index (χ4n) is 1.91. The van der Waals surface area contributed by atoms with Crippen molar-refractivity contribution in [2.45, 2.75) is 6.61 Å². The first-order chi connectivity index (χ1) is 10.7. The lowest BCUT2D eigenvalue weighted by Crippen LogP contribution is -2.18. The molecule has 0 aliphatic rings. The molecule has 0 radical (unpaired) electrons. The van der Waals surface area contributed by atoms with E-state index in [0.29, 0.717) is 12.3 Å². The summed E-state index contributed by atoms with van der Waals surface area (Å²) in [6.45, 7) is 0.312. The highest BCUT2D eigenvalue weighted by atomic mass is 16.5. The Morgan fingerprint density at radius 2 is 2.05 bits per heavy atom. The molecular formula is C18H17NO3. The van der Waals surface area contributed by atoms with Gasteiger partial charge < -0.3 is 14.8 Å². The monoisotopic (exact) mass is 295 g/mol. The third-order valence-electron chi connectivity index (χ3n) is 2.95. The SMILES string of the molecule is C#Cc1cccc(NC(=O)COCc2cccc(OC)c2)c1. The Morgan fingerprint density at radius 1 is 1.23 bits per heavy atom. The van der Waals surface area contributed by atoms with E-state index in [9.17, 15) is 4.79 Å². The van der Waals surface area contributed by atoms with Crippen molar-refractivity contribution in [3.8, 4) is 18.1 Å². The summed E-state index contributed by atoms with van der Waals surface area (Å²) in [6.07, 6.45) is 5.32. The van der Waals surface area contributed by atoms with E-state index in [4.69, 9.17) is 15.9 Å². The fraction of sp³-hybridized carbons (Fsp3) is 0.167. The van der Waals surface area contributed by atoms with Crippen molar-refractivity contribution in [2.75, 3.05) is 19.0 Å². The molecule has 0 unspecified atom stereocenters. The lowest BCUT2D eigenvalue weighted by Gasteiger charge is -2.07. The maximum Gasteiger partial charge on any atom is 0.250 e. The van der Waals surface area contributed by atoms with Crippen LogP contribution in [0.15, 0.2) is 48.5 Å². The molecule has 112 valence electrons. The quantitative estimate of drug-likeness (QED) is 0.834. The average Bonchev–Trinajstić information content (AvgIpc) is 2.55. The third kappa shape index (κ3) is 4.65. The molecule has 4 heteroatoms. The van der Waals surface area contributed by atoms with Gasteiger partial charge in [0.05, 0.1) is 13.7 Å². The number of carbonyl (C=O) groups excluding carboxylic acids is 1. The van der Waals surface area contributed by atoms with E-state index in [1.165, 1.54) is 0 Å². The van der Waals surface area contributed by atoms with Gasteiger partial charge in [-0.05, 0) is 35.9 Å². The van der Waals surface area contributed by atoms with Crippen molar-refractivity contribution in [2.24, 2.45) is 0 Å². The van der Waals surface area contributed by atoms with Crippen LogP contribution in [0.1, 0.15) is 11.1 Å². The molecule has 0 fully saturated rings. The molecule has 0 saturated heterocycles. The first-order valence-corrected chi connectivity index (χ1v) is 6.78. The second-order valence-corrected chi connectivity index (χ2v) is 4.62. The van der Waals surface area contributed by atoms with Crippen molar-refractivity contribution < 1.29 is 14.3 Å². The number of hydrogen-bond donors (Lipinski definition) is 1. The minimum Gasteiger partial charge on any atom is -0.497 e. The molecule has 0 aromatic heterocycles. The molecule has 1 amide bonds. The summed E-state index contributed by atoms with van der Waals surface area (Å²) >= 11 is 0. The normalized spacial score (nSPS) is 9.82. The number of ether oxygens (including phenoxy) is 2. The summed E-state index contributed by atoms with van der Waals surface area (Å²) in [5.74, 6) is 3.06. The van der Waals surface area contributed by atoms with Crippen molar-refractivity contribution in [3.63, 3.8) is 0 Å². The second kappa shape index (κ2) is 7.87. The molecule has 22 heavy (non-hydrogen) atoms. The van der Waals surface area contributed by atoms with Crippen molar-refractivity contribution in [3.05, 3.63) is 59.7 Å². The second-order valence-electron chi connectivity index (χ2n) is 4.62. The average molecular weight is 295 g/mol. The van der Waals surface area contributed by atoms with Gasteiger partial charge in [0.25, 0.3) is 0 Å². The summed E-state index contributed by atoms with van der Waals surface area (Å²) in [7, 11) is 1.61. The number of benzene rings is 2. The highest BCUT2D eigenvalue weighted by molar-refractivity contribution is 5.91. The summed E-state index contributed by atoms with van der Waals surface area (Å²) in [6, 6.07) is 14.6. The third-order valence-corrected chi connectivity index (χ3v) is 2.95. The van der Waals surface area contributed by atoms with Crippen LogP contribution in [0, 0.1) is 12.3 Å². The predicted octanol–water partition coefficient (Wildman–Crippen LogP) is 2.83. The minimum absolute atomic E-state index is 0.0303. The van der Waals surface area contributed by atoms with Crippen LogP contribution in [0.25, 0.3) is 0 Å². The number of carbonyl (C=O) groups is 1. The largest absolute Gasteiger partial charge is 0.497 e. The minimum atomic E-state index is -0.225. The van der Waals surface area contributed by atoms with E-state index in [0.717, 1.165) is 16.9 Å². The molecule has 0 aliphatic heterocycles. The van der Waals surface area contributed by atoms with Gasteiger partial charge in [-0.3, -0.25) is 4.79 Å². The van der Waals surface area contributed by atoms with Crippen LogP contribution in [-0.4, -0.2) is 19.6 Å². The molecule has 2 aromatic carbocycles. The Labute approximate surface area is 130 Å². The number of rotatable bonds is 6. The highest BCUT2D eigenvalue weighted by Crippen LogP contribution is 2.13. The summed E-state index contributed by atoms with van der Waals surface area (Å²) in [5, 5.41) is 2.74. The van der Waals surface area contributed by atoms with E-state index in [1.807, 2.05) is 24.3 Å². The molecule has 2 rings (SSSR count). The fourth-order valence-corrected chi connectivity index (χ4v) is 1.91. The molecule has 1 N–H and O–H groups in total. The van der Waals surface area contributed by atoms with Crippen LogP contribution in [0.3, 0.4) is 0 Å². The van der Waals surface area contributed by atoms with Crippen LogP contribution >= 0.6 is 0 Å². The van der Waals surface area contributed by atoms with Gasteiger partial charge >= 0.3 is 0 Å². The molecule has 0 spiro atoms. The molecule has 0 heterocycles. The van der Waals surface area contributed by atoms with Gasteiger partial charge in [0, 0.05) is 11.3 Å². The highest BCUT2D eigenvalue weighted by Gasteiger charge is 2.04. The van der Waals surface area contributed by atoms with Crippen LogP contribution in [0.2, 0.25) is 0 Å². The van der Waals surface area contributed by atoms with Crippen molar-refractivity contribution in [1.29, 1.82) is 0 Å². The van der Waals surface area contributed by atoms with Gasteiger partial charge in [0.15, 0.2) is 0 Å². The molecule has 0 atom stereocenters. The van der Waals surface area contributed by atoms with Crippen LogP contribution in [0.5, 0.6) is 5.75 Å². The topological polar surface area (TPSA) is 47.6 Å². The predicted molar refractivity (Wildman–Crippen MR) is 85.7 cm³/mol. The van der Waals surface area contributed by atoms with Crippen LogP contribution < -0.4 is 10.1 Å². The number of nitrogens with one attached hydrogen (secondary N) is 1. The van der Waals surface area contributed by atoms with Crippen molar-refractivity contribution in [1.82, 2.24) is 0 Å². The number of terminal acetylenes is 1. The molecule has 2 aromatic rings. The molecule has 0 saturated carbocycles. The number of anilines is 1.